The van der Waals surface area contributed by atoms with Crippen LogP contribution in [0.5, 0.6) is 0 Å². The van der Waals surface area contributed by atoms with E-state index in [-0.39, 0.29) is 0 Å². The minimum Gasteiger partial charge on any atom is -0.0622 e. The highest BCUT2D eigenvalue weighted by Crippen LogP contribution is 2.16. The van der Waals surface area contributed by atoms with Gasteiger partial charge < -0.3 is 0 Å². The van der Waals surface area contributed by atoms with Crippen LogP contribution >= 0.6 is 0 Å². The molecular formula is C18H20. The van der Waals surface area contributed by atoms with Gasteiger partial charge in [0, 0.05) is 0 Å². The van der Waals surface area contributed by atoms with E-state index in [1.54, 1.807) is 0 Å². The average Bonchev–Trinajstić information content (AvgIpc) is 2.45. The molecule has 2 aromatic rings. The molecule has 0 spiro atoms. The Hall–Kier alpha value is -1.82. The van der Waals surface area contributed by atoms with Crippen LogP contribution in [0.15, 0.2) is 48.5 Å². The zero-order valence-corrected chi connectivity index (χ0v) is 11.2. The fourth-order valence-electron chi connectivity index (χ4n) is 2.18. The van der Waals surface area contributed by atoms with E-state index in [0.29, 0.717) is 0 Å². The molecule has 0 saturated heterocycles. The largest absolute Gasteiger partial charge is 0.0622 e. The van der Waals surface area contributed by atoms with Gasteiger partial charge in [0.15, 0.2) is 0 Å². The highest BCUT2D eigenvalue weighted by molar-refractivity contribution is 5.70. The summed E-state index contributed by atoms with van der Waals surface area (Å²) in [6.07, 6.45) is 6.58. The van der Waals surface area contributed by atoms with Gasteiger partial charge in [-0.1, -0.05) is 74.5 Å². The minimum atomic E-state index is 1.11. The lowest BCUT2D eigenvalue weighted by Gasteiger charge is -2.06. The predicted molar refractivity (Wildman–Crippen MR) is 80.6 cm³/mol. The van der Waals surface area contributed by atoms with Crippen molar-refractivity contribution >= 4 is 12.2 Å². The van der Waals surface area contributed by atoms with Gasteiger partial charge in [-0.2, -0.15) is 0 Å². The number of aryl methyl sites for hydroxylation is 2. The van der Waals surface area contributed by atoms with Crippen LogP contribution in [0.1, 0.15) is 36.1 Å². The third-order valence-corrected chi connectivity index (χ3v) is 3.26. The Bertz CT molecular complexity index is 521. The third kappa shape index (κ3) is 3.10. The molecule has 92 valence electrons. The van der Waals surface area contributed by atoms with Crippen LogP contribution < -0.4 is 0 Å². The zero-order valence-electron chi connectivity index (χ0n) is 11.2. The second-order valence-electron chi connectivity index (χ2n) is 4.48. The topological polar surface area (TPSA) is 0 Å². The van der Waals surface area contributed by atoms with E-state index in [1.165, 1.54) is 22.3 Å². The first kappa shape index (κ1) is 12.6. The maximum atomic E-state index is 2.30. The van der Waals surface area contributed by atoms with Crippen LogP contribution in [0, 0.1) is 0 Å². The summed E-state index contributed by atoms with van der Waals surface area (Å²) in [5, 5.41) is 0. The molecule has 0 radical (unpaired) electrons. The van der Waals surface area contributed by atoms with Crippen molar-refractivity contribution in [3.05, 3.63) is 70.8 Å². The number of hydrogen-bond acceptors (Lipinski definition) is 0. The first-order chi connectivity index (χ1) is 8.83. The fourth-order valence-corrected chi connectivity index (χ4v) is 2.18. The van der Waals surface area contributed by atoms with Gasteiger partial charge in [0.25, 0.3) is 0 Å². The smallest absolute Gasteiger partial charge is 0.0254 e. The van der Waals surface area contributed by atoms with Crippen LogP contribution in [-0.2, 0) is 12.8 Å². The molecule has 0 N–H and O–H groups in total. The molecule has 0 amide bonds. The minimum absolute atomic E-state index is 1.11. The summed E-state index contributed by atoms with van der Waals surface area (Å²) >= 11 is 0. The molecule has 0 unspecified atom stereocenters. The number of hydrogen-bond donors (Lipinski definition) is 0. The normalized spacial score (nSPS) is 11.0. The summed E-state index contributed by atoms with van der Waals surface area (Å²) in [6, 6.07) is 17.2. The van der Waals surface area contributed by atoms with Crippen molar-refractivity contribution in [2.24, 2.45) is 0 Å². The molecule has 2 rings (SSSR count). The van der Waals surface area contributed by atoms with E-state index in [4.69, 9.17) is 0 Å². The molecule has 0 fully saturated rings. The lowest BCUT2D eigenvalue weighted by molar-refractivity contribution is 1.04. The molecule has 0 heteroatoms. The molecule has 0 bridgehead atoms. The Morgan fingerprint density at radius 1 is 0.722 bits per heavy atom. The molecule has 0 saturated carbocycles. The van der Waals surface area contributed by atoms with Crippen LogP contribution in [0.4, 0.5) is 0 Å². The summed E-state index contributed by atoms with van der Waals surface area (Å²) in [5.41, 5.74) is 5.46. The highest BCUT2D eigenvalue weighted by atomic mass is 14.0. The summed E-state index contributed by atoms with van der Waals surface area (Å²) < 4.78 is 0. The standard InChI is InChI=1S/C18H20/c1-3-17-13-12-16(14-18(17)4-2)11-10-15-8-6-5-7-9-15/h5-14H,3-4H2,1-2H3. The van der Waals surface area contributed by atoms with Crippen LogP contribution in [-0.4, -0.2) is 0 Å². The number of benzene rings is 2. The second kappa shape index (κ2) is 6.20. The van der Waals surface area contributed by atoms with E-state index in [0.717, 1.165) is 12.8 Å². The molecule has 0 aliphatic carbocycles. The van der Waals surface area contributed by atoms with Crippen molar-refractivity contribution in [3.63, 3.8) is 0 Å². The van der Waals surface area contributed by atoms with Crippen molar-refractivity contribution in [3.8, 4) is 0 Å². The SMILES string of the molecule is CCc1ccc(C=Cc2ccccc2)cc1CC. The van der Waals surface area contributed by atoms with Gasteiger partial charge in [-0.3, -0.25) is 0 Å². The molecule has 0 nitrogen and oxygen atoms in total. The molecule has 2 aromatic carbocycles. The van der Waals surface area contributed by atoms with Crippen molar-refractivity contribution in [1.82, 2.24) is 0 Å². The predicted octanol–water partition coefficient (Wildman–Crippen LogP) is 4.98. The molecule has 0 aromatic heterocycles. The highest BCUT2D eigenvalue weighted by Gasteiger charge is 1.98. The summed E-state index contributed by atoms with van der Waals surface area (Å²) in [4.78, 5) is 0. The summed E-state index contributed by atoms with van der Waals surface area (Å²) in [5.74, 6) is 0. The zero-order chi connectivity index (χ0) is 12.8. The van der Waals surface area contributed by atoms with Gasteiger partial charge in [0.05, 0.1) is 0 Å². The first-order valence-electron chi connectivity index (χ1n) is 6.68. The quantitative estimate of drug-likeness (QED) is 0.657. The summed E-state index contributed by atoms with van der Waals surface area (Å²) in [6.45, 7) is 4.44. The van der Waals surface area contributed by atoms with E-state index in [9.17, 15) is 0 Å². The Balaban J connectivity index is 2.22. The van der Waals surface area contributed by atoms with E-state index in [2.05, 4.69) is 68.5 Å². The maximum absolute atomic E-state index is 2.30. The molecule has 0 aliphatic rings. The summed E-state index contributed by atoms with van der Waals surface area (Å²) in [7, 11) is 0. The van der Waals surface area contributed by atoms with Gasteiger partial charge in [-0.25, -0.2) is 0 Å². The monoisotopic (exact) mass is 236 g/mol. The van der Waals surface area contributed by atoms with E-state index >= 15 is 0 Å². The molecule has 0 heterocycles. The van der Waals surface area contributed by atoms with Crippen molar-refractivity contribution in [1.29, 1.82) is 0 Å². The number of rotatable bonds is 4. The molecule has 0 aliphatic heterocycles. The fraction of sp³-hybridized carbons (Fsp3) is 0.222. The Morgan fingerprint density at radius 2 is 1.39 bits per heavy atom. The van der Waals surface area contributed by atoms with Gasteiger partial charge in [-0.15, -0.1) is 0 Å². The van der Waals surface area contributed by atoms with Crippen molar-refractivity contribution in [2.75, 3.05) is 0 Å². The van der Waals surface area contributed by atoms with E-state index in [1.807, 2.05) is 6.07 Å². The van der Waals surface area contributed by atoms with Gasteiger partial charge in [0.1, 0.15) is 0 Å². The average molecular weight is 236 g/mol. The third-order valence-electron chi connectivity index (χ3n) is 3.26. The second-order valence-corrected chi connectivity index (χ2v) is 4.48. The van der Waals surface area contributed by atoms with Crippen LogP contribution in [0.3, 0.4) is 0 Å². The van der Waals surface area contributed by atoms with Crippen molar-refractivity contribution in [2.45, 2.75) is 26.7 Å². The van der Waals surface area contributed by atoms with Gasteiger partial charge in [-0.05, 0) is 35.1 Å². The van der Waals surface area contributed by atoms with E-state index < -0.39 is 0 Å². The van der Waals surface area contributed by atoms with Gasteiger partial charge >= 0.3 is 0 Å². The first-order valence-corrected chi connectivity index (χ1v) is 6.68. The van der Waals surface area contributed by atoms with Gasteiger partial charge in [0.2, 0.25) is 0 Å². The molecule has 18 heavy (non-hydrogen) atoms. The van der Waals surface area contributed by atoms with Crippen molar-refractivity contribution < 1.29 is 0 Å². The lowest BCUT2D eigenvalue weighted by Crippen LogP contribution is -1.91. The Kier molecular flexibility index (Phi) is 4.35. The maximum Gasteiger partial charge on any atom is -0.0254 e. The lowest BCUT2D eigenvalue weighted by atomic mass is 9.99. The Morgan fingerprint density at radius 3 is 2.06 bits per heavy atom. The Labute approximate surface area is 110 Å². The molecule has 0 atom stereocenters. The van der Waals surface area contributed by atoms with Crippen LogP contribution in [0.2, 0.25) is 0 Å². The van der Waals surface area contributed by atoms with Crippen LogP contribution in [0.25, 0.3) is 12.2 Å². The molecular weight excluding hydrogens is 216 g/mol.